The monoisotopic (exact) mass is 395 g/mol. The summed E-state index contributed by atoms with van der Waals surface area (Å²) in [6, 6.07) is 6.35. The Morgan fingerprint density at radius 1 is 1.17 bits per heavy atom. The van der Waals surface area contributed by atoms with E-state index < -0.39 is 10.8 Å². The SMILES string of the molecule is CC1=C(C(=O)N2CCCCC2)C(c2cccc([N+](=O)[O-])c2)C2=C(CCCC2=O)N1. The summed E-state index contributed by atoms with van der Waals surface area (Å²) in [6.07, 6.45) is 5.02. The van der Waals surface area contributed by atoms with E-state index in [0.29, 0.717) is 36.2 Å². The van der Waals surface area contributed by atoms with Crippen LogP contribution in [0.3, 0.4) is 0 Å². The van der Waals surface area contributed by atoms with Crippen molar-refractivity contribution in [3.05, 3.63) is 62.5 Å². The summed E-state index contributed by atoms with van der Waals surface area (Å²) in [7, 11) is 0. The number of carbonyl (C=O) groups is 2. The molecule has 1 fully saturated rings. The first kappa shape index (κ1) is 19.4. The number of carbonyl (C=O) groups excluding carboxylic acids is 2. The number of nitrogens with one attached hydrogen (secondary N) is 1. The maximum Gasteiger partial charge on any atom is 0.269 e. The van der Waals surface area contributed by atoms with E-state index in [-0.39, 0.29) is 17.4 Å². The number of likely N-dealkylation sites (tertiary alicyclic amines) is 1. The van der Waals surface area contributed by atoms with Gasteiger partial charge in [-0.2, -0.15) is 0 Å². The molecule has 1 aromatic rings. The van der Waals surface area contributed by atoms with Crippen molar-refractivity contribution in [2.75, 3.05) is 13.1 Å². The number of benzene rings is 1. The first-order valence-corrected chi connectivity index (χ1v) is 10.2. The van der Waals surface area contributed by atoms with Gasteiger partial charge in [-0.3, -0.25) is 19.7 Å². The number of dihydropyridines is 1. The lowest BCUT2D eigenvalue weighted by molar-refractivity contribution is -0.384. The molecule has 7 heteroatoms. The van der Waals surface area contributed by atoms with Crippen LogP contribution in [0, 0.1) is 10.1 Å². The number of allylic oxidation sites excluding steroid dienone is 3. The van der Waals surface area contributed by atoms with Crippen molar-refractivity contribution in [2.24, 2.45) is 0 Å². The van der Waals surface area contributed by atoms with Crippen LogP contribution in [0.1, 0.15) is 56.9 Å². The summed E-state index contributed by atoms with van der Waals surface area (Å²) >= 11 is 0. The van der Waals surface area contributed by atoms with Crippen LogP contribution >= 0.6 is 0 Å². The van der Waals surface area contributed by atoms with Gasteiger partial charge in [0.25, 0.3) is 11.6 Å². The number of amides is 1. The van der Waals surface area contributed by atoms with Crippen LogP contribution in [0.2, 0.25) is 0 Å². The van der Waals surface area contributed by atoms with Gasteiger partial charge >= 0.3 is 0 Å². The molecule has 0 saturated carbocycles. The molecule has 2 heterocycles. The molecule has 0 spiro atoms. The van der Waals surface area contributed by atoms with Gasteiger partial charge in [0.1, 0.15) is 0 Å². The molecule has 0 radical (unpaired) electrons. The number of nitro groups is 1. The molecule has 1 saturated heterocycles. The second-order valence-electron chi connectivity index (χ2n) is 7.97. The standard InChI is InChI=1S/C22H25N3O4/c1-14-19(22(27)24-11-3-2-4-12-24)20(15-7-5-8-16(13-15)25(28)29)21-17(23-14)9-6-10-18(21)26/h5,7-8,13,20,23H,2-4,6,9-12H2,1H3. The van der Waals surface area contributed by atoms with Gasteiger partial charge in [-0.1, -0.05) is 12.1 Å². The fourth-order valence-electron chi connectivity index (χ4n) is 4.69. The Hall–Kier alpha value is -2.96. The highest BCUT2D eigenvalue weighted by Gasteiger charge is 2.40. The average molecular weight is 395 g/mol. The summed E-state index contributed by atoms with van der Waals surface area (Å²) in [4.78, 5) is 39.2. The molecule has 0 aromatic heterocycles. The van der Waals surface area contributed by atoms with Gasteiger partial charge in [0.05, 0.1) is 4.92 Å². The van der Waals surface area contributed by atoms with E-state index in [9.17, 15) is 19.7 Å². The van der Waals surface area contributed by atoms with Crippen molar-refractivity contribution in [3.63, 3.8) is 0 Å². The Balaban J connectivity index is 1.84. The normalized spacial score (nSPS) is 22.3. The lowest BCUT2D eigenvalue weighted by atomic mass is 9.74. The summed E-state index contributed by atoms with van der Waals surface area (Å²) in [5.41, 5.74) is 3.33. The zero-order valence-corrected chi connectivity index (χ0v) is 16.6. The molecule has 152 valence electrons. The Morgan fingerprint density at radius 3 is 2.66 bits per heavy atom. The Labute approximate surface area is 169 Å². The number of nitro benzene ring substituents is 1. The zero-order valence-electron chi connectivity index (χ0n) is 16.6. The number of nitrogens with zero attached hydrogens (tertiary/aromatic N) is 2. The molecular weight excluding hydrogens is 370 g/mol. The Bertz CT molecular complexity index is 941. The van der Waals surface area contributed by atoms with Crippen LogP contribution in [-0.2, 0) is 9.59 Å². The molecule has 1 aromatic carbocycles. The minimum Gasteiger partial charge on any atom is -0.362 e. The predicted molar refractivity (Wildman–Crippen MR) is 108 cm³/mol. The minimum atomic E-state index is -0.562. The van der Waals surface area contributed by atoms with Crippen molar-refractivity contribution in [2.45, 2.75) is 51.4 Å². The Morgan fingerprint density at radius 2 is 1.93 bits per heavy atom. The summed E-state index contributed by atoms with van der Waals surface area (Å²) in [6.45, 7) is 3.28. The lowest BCUT2D eigenvalue weighted by Crippen LogP contribution is -2.42. The smallest absolute Gasteiger partial charge is 0.269 e. The molecule has 2 aliphatic heterocycles. The molecule has 4 rings (SSSR count). The molecule has 3 aliphatic rings. The topological polar surface area (TPSA) is 92.6 Å². The van der Waals surface area contributed by atoms with E-state index >= 15 is 0 Å². The number of non-ortho nitro benzene ring substituents is 1. The highest BCUT2D eigenvalue weighted by atomic mass is 16.6. The third-order valence-electron chi connectivity index (χ3n) is 6.06. The third kappa shape index (κ3) is 3.57. The first-order chi connectivity index (χ1) is 14.0. The van der Waals surface area contributed by atoms with Crippen molar-refractivity contribution in [1.82, 2.24) is 10.2 Å². The van der Waals surface area contributed by atoms with E-state index in [2.05, 4.69) is 5.32 Å². The summed E-state index contributed by atoms with van der Waals surface area (Å²) < 4.78 is 0. The highest BCUT2D eigenvalue weighted by Crippen LogP contribution is 2.43. The molecule has 1 amide bonds. The van der Waals surface area contributed by atoms with Gasteiger partial charge in [0.2, 0.25) is 0 Å². The van der Waals surface area contributed by atoms with Gasteiger partial charge < -0.3 is 10.2 Å². The van der Waals surface area contributed by atoms with Crippen molar-refractivity contribution >= 4 is 17.4 Å². The number of Topliss-reactive ketones (excluding diaryl/α,β-unsaturated/α-hetero) is 1. The van der Waals surface area contributed by atoms with E-state index in [1.165, 1.54) is 12.1 Å². The van der Waals surface area contributed by atoms with Gasteiger partial charge in [-0.25, -0.2) is 0 Å². The quantitative estimate of drug-likeness (QED) is 0.624. The maximum atomic E-state index is 13.5. The van der Waals surface area contributed by atoms with Gasteiger partial charge in [-0.15, -0.1) is 0 Å². The van der Waals surface area contributed by atoms with E-state index in [1.807, 2.05) is 11.8 Å². The Kier molecular flexibility index (Phi) is 5.22. The average Bonchev–Trinajstić information content (AvgIpc) is 2.73. The van der Waals surface area contributed by atoms with E-state index in [4.69, 9.17) is 0 Å². The molecule has 1 unspecified atom stereocenters. The highest BCUT2D eigenvalue weighted by molar-refractivity contribution is 6.05. The van der Waals surface area contributed by atoms with Crippen LogP contribution in [-0.4, -0.2) is 34.6 Å². The predicted octanol–water partition coefficient (Wildman–Crippen LogP) is 3.58. The summed E-state index contributed by atoms with van der Waals surface area (Å²) in [5.74, 6) is -0.615. The molecule has 0 bridgehead atoms. The zero-order chi connectivity index (χ0) is 20.5. The van der Waals surface area contributed by atoms with Crippen LogP contribution in [0.5, 0.6) is 0 Å². The number of ketones is 1. The van der Waals surface area contributed by atoms with Crippen molar-refractivity contribution < 1.29 is 14.5 Å². The molecular formula is C22H25N3O4. The maximum absolute atomic E-state index is 13.5. The molecule has 7 nitrogen and oxygen atoms in total. The fraction of sp³-hybridized carbons (Fsp3) is 0.455. The summed E-state index contributed by atoms with van der Waals surface area (Å²) in [5, 5.41) is 14.7. The second kappa shape index (κ2) is 7.81. The second-order valence-corrected chi connectivity index (χ2v) is 7.97. The fourth-order valence-corrected chi connectivity index (χ4v) is 4.69. The van der Waals surface area contributed by atoms with Crippen LogP contribution in [0.25, 0.3) is 0 Å². The number of piperidine rings is 1. The first-order valence-electron chi connectivity index (χ1n) is 10.2. The van der Waals surface area contributed by atoms with Crippen molar-refractivity contribution in [1.29, 1.82) is 0 Å². The van der Waals surface area contributed by atoms with E-state index in [0.717, 1.165) is 43.5 Å². The number of hydrogen-bond donors (Lipinski definition) is 1. The lowest BCUT2D eigenvalue weighted by Gasteiger charge is -2.37. The van der Waals surface area contributed by atoms with Gasteiger partial charge in [0, 0.05) is 60.1 Å². The van der Waals surface area contributed by atoms with Gasteiger partial charge in [0.15, 0.2) is 5.78 Å². The molecule has 29 heavy (non-hydrogen) atoms. The van der Waals surface area contributed by atoms with Crippen LogP contribution < -0.4 is 5.32 Å². The molecule has 1 atom stereocenters. The minimum absolute atomic E-state index is 0.0201. The third-order valence-corrected chi connectivity index (χ3v) is 6.06. The molecule has 1 aliphatic carbocycles. The van der Waals surface area contributed by atoms with Crippen molar-refractivity contribution in [3.8, 4) is 0 Å². The van der Waals surface area contributed by atoms with Crippen LogP contribution in [0.4, 0.5) is 5.69 Å². The molecule has 1 N–H and O–H groups in total. The number of hydrogen-bond acceptors (Lipinski definition) is 5. The van der Waals surface area contributed by atoms with Gasteiger partial charge in [-0.05, 0) is 44.6 Å². The van der Waals surface area contributed by atoms with E-state index in [1.54, 1.807) is 12.1 Å². The largest absolute Gasteiger partial charge is 0.362 e. The van der Waals surface area contributed by atoms with Crippen LogP contribution in [0.15, 0.2) is 46.8 Å². The number of rotatable bonds is 3.